The number of carbonyl (C=O) groups excluding carboxylic acids is 1. The number of amides is 2. The van der Waals surface area contributed by atoms with E-state index in [1.54, 1.807) is 16.8 Å². The number of carboxylic acid groups (broad SMARTS) is 1. The van der Waals surface area contributed by atoms with E-state index in [0.29, 0.717) is 13.1 Å². The molecule has 0 aromatic rings. The predicted molar refractivity (Wildman–Crippen MR) is 66.1 cm³/mol. The zero-order valence-electron chi connectivity index (χ0n) is 11.1. The quantitative estimate of drug-likeness (QED) is 0.705. The normalized spacial score (nSPS) is 10.4. The van der Waals surface area contributed by atoms with Crippen LogP contribution in [0.2, 0.25) is 0 Å². The molecule has 6 heteroatoms. The standard InChI is InChI=1S/C11H23N3O3/c1-5-14(7-6-10(15)16)11(17)13(4)9-8-12(2)3/h5-9H2,1-4H3,(H,15,16). The molecule has 100 valence electrons. The second-order valence-corrected chi connectivity index (χ2v) is 4.23. The number of hydrogen-bond donors (Lipinski definition) is 1. The van der Waals surface area contributed by atoms with E-state index in [9.17, 15) is 9.59 Å². The van der Waals surface area contributed by atoms with Gasteiger partial charge in [-0.3, -0.25) is 4.79 Å². The Bertz CT molecular complexity index is 256. The fourth-order valence-electron chi connectivity index (χ4n) is 1.31. The maximum atomic E-state index is 11.9. The molecule has 0 bridgehead atoms. The van der Waals surface area contributed by atoms with Gasteiger partial charge < -0.3 is 19.8 Å². The Morgan fingerprint density at radius 2 is 1.65 bits per heavy atom. The summed E-state index contributed by atoms with van der Waals surface area (Å²) in [5.41, 5.74) is 0. The van der Waals surface area contributed by atoms with Crippen LogP contribution in [0.15, 0.2) is 0 Å². The van der Waals surface area contributed by atoms with E-state index >= 15 is 0 Å². The van der Waals surface area contributed by atoms with Crippen molar-refractivity contribution in [2.45, 2.75) is 13.3 Å². The summed E-state index contributed by atoms with van der Waals surface area (Å²) < 4.78 is 0. The van der Waals surface area contributed by atoms with Gasteiger partial charge in [0, 0.05) is 33.2 Å². The first-order valence-electron chi connectivity index (χ1n) is 5.75. The number of aliphatic carboxylic acids is 1. The maximum Gasteiger partial charge on any atom is 0.319 e. The third-order valence-electron chi connectivity index (χ3n) is 2.46. The third-order valence-corrected chi connectivity index (χ3v) is 2.46. The third kappa shape index (κ3) is 6.78. The molecule has 0 aromatic heterocycles. The van der Waals surface area contributed by atoms with E-state index in [2.05, 4.69) is 0 Å². The number of carboxylic acids is 1. The van der Waals surface area contributed by atoms with E-state index in [1.807, 2.05) is 25.9 Å². The lowest BCUT2D eigenvalue weighted by molar-refractivity contribution is -0.137. The van der Waals surface area contributed by atoms with E-state index in [1.165, 1.54) is 0 Å². The van der Waals surface area contributed by atoms with Crippen molar-refractivity contribution in [3.8, 4) is 0 Å². The second-order valence-electron chi connectivity index (χ2n) is 4.23. The molecule has 1 N–H and O–H groups in total. The highest BCUT2D eigenvalue weighted by atomic mass is 16.4. The number of urea groups is 1. The molecule has 0 saturated heterocycles. The molecule has 0 fully saturated rings. The minimum atomic E-state index is -0.882. The number of rotatable bonds is 7. The van der Waals surface area contributed by atoms with Crippen LogP contribution in [-0.4, -0.2) is 79.1 Å². The molecule has 0 radical (unpaired) electrons. The fourth-order valence-corrected chi connectivity index (χ4v) is 1.31. The van der Waals surface area contributed by atoms with Gasteiger partial charge in [0.1, 0.15) is 0 Å². The van der Waals surface area contributed by atoms with E-state index < -0.39 is 5.97 Å². The summed E-state index contributed by atoms with van der Waals surface area (Å²) in [4.78, 5) is 27.6. The average Bonchev–Trinajstić information content (AvgIpc) is 2.25. The van der Waals surface area contributed by atoms with Crippen LogP contribution in [0, 0.1) is 0 Å². The van der Waals surface area contributed by atoms with Crippen molar-refractivity contribution in [2.75, 3.05) is 47.3 Å². The number of nitrogens with zero attached hydrogens (tertiary/aromatic N) is 3. The van der Waals surface area contributed by atoms with Crippen LogP contribution in [0.4, 0.5) is 4.79 Å². The van der Waals surface area contributed by atoms with Crippen molar-refractivity contribution in [1.29, 1.82) is 0 Å². The summed E-state index contributed by atoms with van der Waals surface area (Å²) in [6.45, 7) is 4.06. The van der Waals surface area contributed by atoms with Crippen LogP contribution in [0.3, 0.4) is 0 Å². The van der Waals surface area contributed by atoms with E-state index in [0.717, 1.165) is 6.54 Å². The summed E-state index contributed by atoms with van der Waals surface area (Å²) in [7, 11) is 5.62. The Labute approximate surface area is 103 Å². The zero-order valence-corrected chi connectivity index (χ0v) is 11.1. The molecular formula is C11H23N3O3. The van der Waals surface area contributed by atoms with Gasteiger partial charge >= 0.3 is 12.0 Å². The molecule has 0 saturated carbocycles. The Morgan fingerprint density at radius 3 is 2.06 bits per heavy atom. The molecular weight excluding hydrogens is 222 g/mol. The molecule has 0 aromatic carbocycles. The number of likely N-dealkylation sites (N-methyl/N-ethyl adjacent to an activating group) is 2. The molecule has 0 aliphatic rings. The van der Waals surface area contributed by atoms with Crippen LogP contribution >= 0.6 is 0 Å². The van der Waals surface area contributed by atoms with Gasteiger partial charge in [-0.2, -0.15) is 0 Å². The van der Waals surface area contributed by atoms with Crippen molar-refractivity contribution < 1.29 is 14.7 Å². The summed E-state index contributed by atoms with van der Waals surface area (Å²) in [6.07, 6.45) is -0.0128. The van der Waals surface area contributed by atoms with Gasteiger partial charge in [0.15, 0.2) is 0 Å². The van der Waals surface area contributed by atoms with Gasteiger partial charge in [-0.15, -0.1) is 0 Å². The molecule has 0 rings (SSSR count). The molecule has 0 aliphatic carbocycles. The van der Waals surface area contributed by atoms with Gasteiger partial charge in [0.25, 0.3) is 0 Å². The van der Waals surface area contributed by atoms with Gasteiger partial charge in [-0.05, 0) is 21.0 Å². The van der Waals surface area contributed by atoms with Crippen molar-refractivity contribution >= 4 is 12.0 Å². The lowest BCUT2D eigenvalue weighted by Gasteiger charge is -2.27. The molecule has 0 spiro atoms. The van der Waals surface area contributed by atoms with Crippen LogP contribution in [0.25, 0.3) is 0 Å². The molecule has 0 unspecified atom stereocenters. The Balaban J connectivity index is 4.17. The molecule has 0 atom stereocenters. The van der Waals surface area contributed by atoms with Gasteiger partial charge in [0.2, 0.25) is 0 Å². The first-order chi connectivity index (χ1) is 7.88. The molecule has 17 heavy (non-hydrogen) atoms. The Hall–Kier alpha value is -1.30. The topological polar surface area (TPSA) is 64.1 Å². The SMILES string of the molecule is CCN(CCC(=O)O)C(=O)N(C)CCN(C)C. The second kappa shape index (κ2) is 7.89. The summed E-state index contributed by atoms with van der Waals surface area (Å²) in [6, 6.07) is -0.115. The zero-order chi connectivity index (χ0) is 13.4. The van der Waals surface area contributed by atoms with Crippen molar-refractivity contribution in [3.63, 3.8) is 0 Å². The highest BCUT2D eigenvalue weighted by Gasteiger charge is 2.16. The van der Waals surface area contributed by atoms with Crippen molar-refractivity contribution in [1.82, 2.24) is 14.7 Å². The van der Waals surface area contributed by atoms with E-state index in [-0.39, 0.29) is 19.0 Å². The van der Waals surface area contributed by atoms with Crippen LogP contribution in [-0.2, 0) is 4.79 Å². The highest BCUT2D eigenvalue weighted by molar-refractivity contribution is 5.75. The molecule has 0 aliphatic heterocycles. The minimum absolute atomic E-state index is 0.0128. The minimum Gasteiger partial charge on any atom is -0.481 e. The molecule has 6 nitrogen and oxygen atoms in total. The smallest absolute Gasteiger partial charge is 0.319 e. The van der Waals surface area contributed by atoms with Crippen LogP contribution in [0.1, 0.15) is 13.3 Å². The van der Waals surface area contributed by atoms with Gasteiger partial charge in [-0.25, -0.2) is 4.79 Å². The number of carbonyl (C=O) groups is 2. The molecule has 0 heterocycles. The summed E-state index contributed by atoms with van der Waals surface area (Å²) in [5.74, 6) is -0.882. The molecule has 2 amide bonds. The average molecular weight is 245 g/mol. The van der Waals surface area contributed by atoms with Gasteiger partial charge in [-0.1, -0.05) is 0 Å². The van der Waals surface area contributed by atoms with Crippen molar-refractivity contribution in [2.24, 2.45) is 0 Å². The number of hydrogen-bond acceptors (Lipinski definition) is 3. The Morgan fingerprint density at radius 1 is 1.06 bits per heavy atom. The monoisotopic (exact) mass is 245 g/mol. The summed E-state index contributed by atoms with van der Waals surface area (Å²) in [5, 5.41) is 8.60. The predicted octanol–water partition coefficient (Wildman–Crippen LogP) is 0.396. The lowest BCUT2D eigenvalue weighted by atomic mass is 10.4. The fraction of sp³-hybridized carbons (Fsp3) is 0.818. The van der Waals surface area contributed by atoms with Crippen LogP contribution in [0.5, 0.6) is 0 Å². The Kier molecular flexibility index (Phi) is 7.29. The highest BCUT2D eigenvalue weighted by Crippen LogP contribution is 1.99. The van der Waals surface area contributed by atoms with E-state index in [4.69, 9.17) is 5.11 Å². The first-order valence-corrected chi connectivity index (χ1v) is 5.75. The van der Waals surface area contributed by atoms with Crippen molar-refractivity contribution in [3.05, 3.63) is 0 Å². The summed E-state index contributed by atoms with van der Waals surface area (Å²) >= 11 is 0. The van der Waals surface area contributed by atoms with Gasteiger partial charge in [0.05, 0.1) is 6.42 Å². The largest absolute Gasteiger partial charge is 0.481 e. The maximum absolute atomic E-state index is 11.9. The lowest BCUT2D eigenvalue weighted by Crippen LogP contribution is -2.44. The first kappa shape index (κ1) is 15.7. The van der Waals surface area contributed by atoms with Crippen LogP contribution < -0.4 is 0 Å².